The maximum absolute atomic E-state index is 12.3. The molecule has 348 valence electrons. The first-order valence-corrected chi connectivity index (χ1v) is 25.2. The summed E-state index contributed by atoms with van der Waals surface area (Å²) in [6.45, 7) is 2.54. The number of hydrogen-bond acceptors (Lipinski definition) is 8. The van der Waals surface area contributed by atoms with Gasteiger partial charge in [0.05, 0.1) is 13.2 Å². The van der Waals surface area contributed by atoms with Gasteiger partial charge in [0.2, 0.25) is 5.91 Å². The smallest absolute Gasteiger partial charge is 0.472 e. The number of esters is 1. The normalized spacial score (nSPS) is 14.1. The molecule has 3 atom stereocenters. The SMILES string of the molecule is CCCCC/C=C\C/C=C\CCCCCCCCCCCC(=O)OCC(O)COP(=O)(O)OCC(NC(=O)CCCCCCCCC/C=C\C/C=C\CCCCC)C(=O)O. The van der Waals surface area contributed by atoms with Crippen LogP contribution < -0.4 is 5.32 Å². The highest BCUT2D eigenvalue weighted by molar-refractivity contribution is 7.47. The van der Waals surface area contributed by atoms with Crippen LogP contribution in [0.2, 0.25) is 0 Å². The first kappa shape index (κ1) is 57.4. The van der Waals surface area contributed by atoms with Gasteiger partial charge in [-0.2, -0.15) is 0 Å². The zero-order valence-corrected chi connectivity index (χ0v) is 38.6. The van der Waals surface area contributed by atoms with E-state index in [0.717, 1.165) is 77.0 Å². The maximum Gasteiger partial charge on any atom is 0.472 e. The largest absolute Gasteiger partial charge is 0.480 e. The number of aliphatic hydroxyl groups is 1. The van der Waals surface area contributed by atoms with Crippen LogP contribution in [-0.2, 0) is 32.7 Å². The fraction of sp³-hybridized carbons (Fsp3) is 0.771. The standard InChI is InChI=1S/C48H86NO10P/c1-3-5-7-9-11-13-15-17-19-21-22-24-26-28-30-32-34-36-38-40-47(52)57-41-44(50)42-58-60(55,56)59-43-45(48(53)54)49-46(51)39-37-35-33-31-29-27-25-23-20-18-16-14-12-10-8-6-4-2/h11-14,17-20,44-45,50H,3-10,15-16,21-43H2,1-2H3,(H,49,51)(H,53,54)(H,55,56)/b13-11-,14-12-,19-17-,20-18-. The van der Waals surface area contributed by atoms with E-state index in [9.17, 15) is 34.1 Å². The van der Waals surface area contributed by atoms with E-state index >= 15 is 0 Å². The Bertz CT molecular complexity index is 1200. The molecule has 0 saturated carbocycles. The van der Waals surface area contributed by atoms with Gasteiger partial charge in [0, 0.05) is 12.8 Å². The Hall–Kier alpha value is -2.56. The van der Waals surface area contributed by atoms with Crippen molar-refractivity contribution in [2.24, 2.45) is 0 Å². The lowest BCUT2D eigenvalue weighted by Crippen LogP contribution is -2.43. The summed E-state index contributed by atoms with van der Waals surface area (Å²) in [5.41, 5.74) is 0. The summed E-state index contributed by atoms with van der Waals surface area (Å²) in [6, 6.07) is -1.55. The van der Waals surface area contributed by atoms with Gasteiger partial charge in [-0.15, -0.1) is 0 Å². The van der Waals surface area contributed by atoms with E-state index in [1.165, 1.54) is 89.9 Å². The molecule has 1 amide bonds. The minimum absolute atomic E-state index is 0.136. The summed E-state index contributed by atoms with van der Waals surface area (Å²) in [5, 5.41) is 21.9. The summed E-state index contributed by atoms with van der Waals surface area (Å²) in [7, 11) is -4.76. The number of carbonyl (C=O) groups is 3. The molecule has 11 nitrogen and oxygen atoms in total. The van der Waals surface area contributed by atoms with Crippen molar-refractivity contribution in [1.29, 1.82) is 0 Å². The molecule has 60 heavy (non-hydrogen) atoms. The number of unbranched alkanes of at least 4 members (excludes halogenated alkanes) is 22. The van der Waals surface area contributed by atoms with Gasteiger partial charge in [0.25, 0.3) is 0 Å². The number of ether oxygens (including phenoxy) is 1. The van der Waals surface area contributed by atoms with Crippen molar-refractivity contribution < 1.29 is 47.8 Å². The molecule has 0 radical (unpaired) electrons. The molecule has 0 rings (SSSR count). The molecule has 0 aromatic carbocycles. The van der Waals surface area contributed by atoms with E-state index in [1.807, 2.05) is 0 Å². The summed E-state index contributed by atoms with van der Waals surface area (Å²) in [5.74, 6) is -2.39. The van der Waals surface area contributed by atoms with Crippen molar-refractivity contribution in [1.82, 2.24) is 5.32 Å². The average Bonchev–Trinajstić information content (AvgIpc) is 3.22. The summed E-state index contributed by atoms with van der Waals surface area (Å²) >= 11 is 0. The van der Waals surface area contributed by atoms with E-state index < -0.39 is 57.6 Å². The number of aliphatic hydroxyl groups excluding tert-OH is 1. The van der Waals surface area contributed by atoms with E-state index in [1.54, 1.807) is 0 Å². The fourth-order valence-electron chi connectivity index (χ4n) is 6.38. The fourth-order valence-corrected chi connectivity index (χ4v) is 7.15. The van der Waals surface area contributed by atoms with Crippen LogP contribution in [0.4, 0.5) is 0 Å². The predicted molar refractivity (Wildman–Crippen MR) is 245 cm³/mol. The van der Waals surface area contributed by atoms with E-state index in [0.29, 0.717) is 12.8 Å². The Morgan fingerprint density at radius 3 is 1.35 bits per heavy atom. The zero-order valence-electron chi connectivity index (χ0n) is 37.8. The number of allylic oxidation sites excluding steroid dienone is 8. The molecular weight excluding hydrogens is 781 g/mol. The van der Waals surface area contributed by atoms with Crippen LogP contribution in [0.5, 0.6) is 0 Å². The molecule has 0 saturated heterocycles. The molecule has 0 spiro atoms. The highest BCUT2D eigenvalue weighted by Crippen LogP contribution is 2.43. The minimum atomic E-state index is -4.76. The van der Waals surface area contributed by atoms with Crippen molar-refractivity contribution in [3.8, 4) is 0 Å². The molecule has 12 heteroatoms. The molecule has 0 aromatic rings. The highest BCUT2D eigenvalue weighted by atomic mass is 31.2. The molecule has 0 aromatic heterocycles. The number of carboxylic acid groups (broad SMARTS) is 1. The molecule has 0 bridgehead atoms. The van der Waals surface area contributed by atoms with Gasteiger partial charge in [0.15, 0.2) is 6.04 Å². The van der Waals surface area contributed by atoms with Crippen molar-refractivity contribution >= 4 is 25.7 Å². The number of aliphatic carboxylic acids is 1. The Morgan fingerprint density at radius 1 is 0.533 bits per heavy atom. The lowest BCUT2D eigenvalue weighted by molar-refractivity contribution is -0.147. The molecule has 0 aliphatic heterocycles. The van der Waals surface area contributed by atoms with Crippen LogP contribution in [0.15, 0.2) is 48.6 Å². The number of phosphoric acid groups is 1. The monoisotopic (exact) mass is 868 g/mol. The Kier molecular flexibility index (Phi) is 41.3. The van der Waals surface area contributed by atoms with Crippen LogP contribution in [0.1, 0.15) is 206 Å². The van der Waals surface area contributed by atoms with Gasteiger partial charge in [-0.3, -0.25) is 18.6 Å². The number of nitrogens with one attached hydrogen (secondary N) is 1. The third-order valence-electron chi connectivity index (χ3n) is 10.1. The number of amides is 1. The zero-order chi connectivity index (χ0) is 44.2. The van der Waals surface area contributed by atoms with Crippen LogP contribution in [0, 0.1) is 0 Å². The quantitative estimate of drug-likeness (QED) is 0.0200. The summed E-state index contributed by atoms with van der Waals surface area (Å²) in [4.78, 5) is 46.0. The van der Waals surface area contributed by atoms with E-state index in [4.69, 9.17) is 13.8 Å². The van der Waals surface area contributed by atoms with E-state index in [2.05, 4.69) is 67.8 Å². The Balaban J connectivity index is 3.88. The number of hydrogen-bond donors (Lipinski definition) is 4. The van der Waals surface area contributed by atoms with Gasteiger partial charge >= 0.3 is 19.8 Å². The second-order valence-electron chi connectivity index (χ2n) is 15.9. The van der Waals surface area contributed by atoms with Gasteiger partial charge in [-0.25, -0.2) is 9.36 Å². The van der Waals surface area contributed by atoms with Gasteiger partial charge in [-0.1, -0.05) is 165 Å². The molecule has 3 unspecified atom stereocenters. The van der Waals surface area contributed by atoms with Crippen LogP contribution in [0.25, 0.3) is 0 Å². The Morgan fingerprint density at radius 2 is 0.917 bits per heavy atom. The third-order valence-corrected chi connectivity index (χ3v) is 11.0. The molecule has 0 aliphatic carbocycles. The molecule has 0 aliphatic rings. The molecule has 4 N–H and O–H groups in total. The summed E-state index contributed by atoms with van der Waals surface area (Å²) in [6.07, 6.45) is 48.4. The number of rotatable bonds is 44. The lowest BCUT2D eigenvalue weighted by atomic mass is 10.1. The minimum Gasteiger partial charge on any atom is -0.480 e. The number of carboxylic acids is 1. The first-order chi connectivity index (χ1) is 29.1. The van der Waals surface area contributed by atoms with Gasteiger partial charge < -0.3 is 25.2 Å². The van der Waals surface area contributed by atoms with Crippen molar-refractivity contribution in [3.05, 3.63) is 48.6 Å². The van der Waals surface area contributed by atoms with Crippen molar-refractivity contribution in [3.63, 3.8) is 0 Å². The summed E-state index contributed by atoms with van der Waals surface area (Å²) < 4.78 is 26.9. The Labute approximate surface area is 364 Å². The maximum atomic E-state index is 12.3. The lowest BCUT2D eigenvalue weighted by Gasteiger charge is -2.18. The van der Waals surface area contributed by atoms with Crippen molar-refractivity contribution in [2.45, 2.75) is 219 Å². The van der Waals surface area contributed by atoms with E-state index in [-0.39, 0.29) is 12.8 Å². The molecule has 0 heterocycles. The second-order valence-corrected chi connectivity index (χ2v) is 17.4. The van der Waals surface area contributed by atoms with Crippen LogP contribution in [0.3, 0.4) is 0 Å². The number of phosphoric ester groups is 1. The second kappa shape index (κ2) is 43.1. The number of carbonyl (C=O) groups excluding carboxylic acids is 2. The third kappa shape index (κ3) is 42.1. The first-order valence-electron chi connectivity index (χ1n) is 23.7. The van der Waals surface area contributed by atoms with Gasteiger partial charge in [-0.05, 0) is 77.0 Å². The van der Waals surface area contributed by atoms with Crippen LogP contribution >= 0.6 is 7.82 Å². The highest BCUT2D eigenvalue weighted by Gasteiger charge is 2.28. The topological polar surface area (TPSA) is 169 Å². The van der Waals surface area contributed by atoms with Gasteiger partial charge in [0.1, 0.15) is 12.7 Å². The molecule has 0 fully saturated rings. The van der Waals surface area contributed by atoms with Crippen molar-refractivity contribution in [2.75, 3.05) is 19.8 Å². The predicted octanol–water partition coefficient (Wildman–Crippen LogP) is 12.6. The molecular formula is C48H86NO10P. The average molecular weight is 868 g/mol. The van der Waals surface area contributed by atoms with Crippen LogP contribution in [-0.4, -0.2) is 64.9 Å².